The van der Waals surface area contributed by atoms with Crippen LogP contribution in [0.1, 0.15) is 46.0 Å². The zero-order chi connectivity index (χ0) is 12.7. The minimum Gasteiger partial charge on any atom is -0.389 e. The van der Waals surface area contributed by atoms with Gasteiger partial charge in [0.1, 0.15) is 0 Å². The van der Waals surface area contributed by atoms with E-state index < -0.39 is 5.60 Å². The van der Waals surface area contributed by atoms with Gasteiger partial charge in [0.2, 0.25) is 5.91 Å². The van der Waals surface area contributed by atoms with E-state index in [2.05, 4.69) is 17.6 Å². The molecule has 0 aliphatic heterocycles. The zero-order valence-electron chi connectivity index (χ0n) is 11.1. The van der Waals surface area contributed by atoms with Gasteiger partial charge in [-0.05, 0) is 31.6 Å². The predicted octanol–water partition coefficient (Wildman–Crippen LogP) is 1.04. The number of hydrogen-bond donors (Lipinski definition) is 3. The summed E-state index contributed by atoms with van der Waals surface area (Å²) in [6, 6.07) is 0. The van der Waals surface area contributed by atoms with Gasteiger partial charge in [-0.25, -0.2) is 0 Å². The lowest BCUT2D eigenvalue weighted by atomic mass is 9.78. The van der Waals surface area contributed by atoms with Gasteiger partial charge in [-0.1, -0.05) is 13.3 Å². The lowest BCUT2D eigenvalue weighted by Gasteiger charge is -2.36. The van der Waals surface area contributed by atoms with Crippen molar-refractivity contribution in [2.24, 2.45) is 5.92 Å². The van der Waals surface area contributed by atoms with Crippen molar-refractivity contribution in [2.45, 2.75) is 51.6 Å². The molecule has 0 bridgehead atoms. The maximum atomic E-state index is 10.7. The second-order valence-corrected chi connectivity index (χ2v) is 5.24. The number of amides is 1. The van der Waals surface area contributed by atoms with E-state index in [0.717, 1.165) is 38.1 Å². The third-order valence-electron chi connectivity index (χ3n) is 3.74. The SMILES string of the molecule is CCC1CCC(O)(CNCCNC(C)=O)CC1. The average molecular weight is 242 g/mol. The lowest BCUT2D eigenvalue weighted by molar-refractivity contribution is -0.118. The van der Waals surface area contributed by atoms with Crippen molar-refractivity contribution in [2.75, 3.05) is 19.6 Å². The van der Waals surface area contributed by atoms with E-state index in [1.54, 1.807) is 0 Å². The molecule has 1 fully saturated rings. The third kappa shape index (κ3) is 5.50. The molecular weight excluding hydrogens is 216 g/mol. The van der Waals surface area contributed by atoms with Crippen molar-refractivity contribution in [1.82, 2.24) is 10.6 Å². The topological polar surface area (TPSA) is 61.4 Å². The van der Waals surface area contributed by atoms with E-state index in [1.165, 1.54) is 13.3 Å². The van der Waals surface area contributed by atoms with E-state index >= 15 is 0 Å². The van der Waals surface area contributed by atoms with Crippen LogP contribution in [-0.2, 0) is 4.79 Å². The highest BCUT2D eigenvalue weighted by Crippen LogP contribution is 2.33. The van der Waals surface area contributed by atoms with Crippen molar-refractivity contribution >= 4 is 5.91 Å². The smallest absolute Gasteiger partial charge is 0.216 e. The standard InChI is InChI=1S/C13H26N2O2/c1-3-12-4-6-13(17,7-5-12)10-14-8-9-15-11(2)16/h12,14,17H,3-10H2,1-2H3,(H,15,16). The molecule has 1 aliphatic rings. The maximum Gasteiger partial charge on any atom is 0.216 e. The van der Waals surface area contributed by atoms with Gasteiger partial charge in [-0.3, -0.25) is 4.79 Å². The summed E-state index contributed by atoms with van der Waals surface area (Å²) in [6.07, 6.45) is 5.31. The van der Waals surface area contributed by atoms with Crippen molar-refractivity contribution in [3.05, 3.63) is 0 Å². The molecule has 0 spiro atoms. The fraction of sp³-hybridized carbons (Fsp3) is 0.923. The summed E-state index contributed by atoms with van der Waals surface area (Å²) >= 11 is 0. The number of carbonyl (C=O) groups is 1. The first-order chi connectivity index (χ1) is 8.06. The minimum absolute atomic E-state index is 0.00559. The normalized spacial score (nSPS) is 29.0. The van der Waals surface area contributed by atoms with Gasteiger partial charge in [-0.15, -0.1) is 0 Å². The van der Waals surface area contributed by atoms with Crippen LogP contribution in [0.15, 0.2) is 0 Å². The highest BCUT2D eigenvalue weighted by Gasteiger charge is 2.31. The van der Waals surface area contributed by atoms with Gasteiger partial charge in [0.25, 0.3) is 0 Å². The van der Waals surface area contributed by atoms with Crippen LogP contribution < -0.4 is 10.6 Å². The number of hydrogen-bond acceptors (Lipinski definition) is 3. The summed E-state index contributed by atoms with van der Waals surface area (Å²) in [6.45, 7) is 5.73. The minimum atomic E-state index is -0.526. The molecule has 1 amide bonds. The Morgan fingerprint density at radius 1 is 1.35 bits per heavy atom. The van der Waals surface area contributed by atoms with Crippen LogP contribution in [0.3, 0.4) is 0 Å². The van der Waals surface area contributed by atoms with E-state index in [0.29, 0.717) is 13.1 Å². The van der Waals surface area contributed by atoms with E-state index in [9.17, 15) is 9.90 Å². The van der Waals surface area contributed by atoms with Crippen molar-refractivity contribution in [3.63, 3.8) is 0 Å². The molecule has 0 heterocycles. The monoisotopic (exact) mass is 242 g/mol. The molecule has 0 saturated heterocycles. The molecule has 0 aromatic heterocycles. The fourth-order valence-electron chi connectivity index (χ4n) is 2.45. The first-order valence-corrected chi connectivity index (χ1v) is 6.73. The summed E-state index contributed by atoms with van der Waals surface area (Å²) < 4.78 is 0. The van der Waals surface area contributed by atoms with Crippen molar-refractivity contribution in [1.29, 1.82) is 0 Å². The highest BCUT2D eigenvalue weighted by molar-refractivity contribution is 5.72. The van der Waals surface area contributed by atoms with Crippen molar-refractivity contribution in [3.8, 4) is 0 Å². The van der Waals surface area contributed by atoms with E-state index in [-0.39, 0.29) is 5.91 Å². The van der Waals surface area contributed by atoms with Gasteiger partial charge in [-0.2, -0.15) is 0 Å². The van der Waals surface area contributed by atoms with Crippen LogP contribution >= 0.6 is 0 Å². The molecular formula is C13H26N2O2. The maximum absolute atomic E-state index is 10.7. The molecule has 1 saturated carbocycles. The lowest BCUT2D eigenvalue weighted by Crippen LogP contribution is -2.45. The molecule has 4 heteroatoms. The number of aliphatic hydroxyl groups is 1. The molecule has 3 N–H and O–H groups in total. The van der Waals surface area contributed by atoms with Gasteiger partial charge in [0.15, 0.2) is 0 Å². The Morgan fingerprint density at radius 2 is 2.00 bits per heavy atom. The molecule has 1 rings (SSSR count). The highest BCUT2D eigenvalue weighted by atomic mass is 16.3. The first-order valence-electron chi connectivity index (χ1n) is 6.73. The van der Waals surface area contributed by atoms with E-state index in [1.807, 2.05) is 0 Å². The predicted molar refractivity (Wildman–Crippen MR) is 68.8 cm³/mol. The summed E-state index contributed by atoms with van der Waals surface area (Å²) in [4.78, 5) is 10.7. The molecule has 0 aromatic carbocycles. The molecule has 0 atom stereocenters. The molecule has 0 radical (unpaired) electrons. The summed E-state index contributed by atoms with van der Waals surface area (Å²) in [5.74, 6) is 0.795. The number of nitrogens with one attached hydrogen (secondary N) is 2. The van der Waals surface area contributed by atoms with E-state index in [4.69, 9.17) is 0 Å². The molecule has 0 aromatic rings. The van der Waals surface area contributed by atoms with Gasteiger partial charge < -0.3 is 15.7 Å². The Bertz CT molecular complexity index is 236. The number of rotatable bonds is 6. The van der Waals surface area contributed by atoms with Crippen LogP contribution in [-0.4, -0.2) is 36.2 Å². The Kier molecular flexibility index (Phi) is 5.92. The van der Waals surface area contributed by atoms with Crippen LogP contribution in [0.2, 0.25) is 0 Å². The van der Waals surface area contributed by atoms with Crippen LogP contribution in [0.25, 0.3) is 0 Å². The fourth-order valence-corrected chi connectivity index (χ4v) is 2.45. The average Bonchev–Trinajstić information content (AvgIpc) is 2.29. The molecule has 17 heavy (non-hydrogen) atoms. The van der Waals surface area contributed by atoms with Crippen LogP contribution in [0.4, 0.5) is 0 Å². The Hall–Kier alpha value is -0.610. The Morgan fingerprint density at radius 3 is 2.53 bits per heavy atom. The molecule has 4 nitrogen and oxygen atoms in total. The van der Waals surface area contributed by atoms with Crippen molar-refractivity contribution < 1.29 is 9.90 Å². The molecule has 100 valence electrons. The van der Waals surface area contributed by atoms with Gasteiger partial charge >= 0.3 is 0 Å². The Balaban J connectivity index is 2.12. The zero-order valence-corrected chi connectivity index (χ0v) is 11.1. The van der Waals surface area contributed by atoms with Gasteiger partial charge in [0, 0.05) is 26.6 Å². The molecule has 1 aliphatic carbocycles. The van der Waals surface area contributed by atoms with Crippen LogP contribution in [0, 0.1) is 5.92 Å². The first kappa shape index (κ1) is 14.5. The second-order valence-electron chi connectivity index (χ2n) is 5.24. The largest absolute Gasteiger partial charge is 0.389 e. The Labute approximate surface area is 104 Å². The summed E-state index contributed by atoms with van der Waals surface area (Å²) in [5.41, 5.74) is -0.526. The quantitative estimate of drug-likeness (QED) is 0.610. The summed E-state index contributed by atoms with van der Waals surface area (Å²) in [7, 11) is 0. The van der Waals surface area contributed by atoms with Crippen LogP contribution in [0.5, 0.6) is 0 Å². The van der Waals surface area contributed by atoms with Gasteiger partial charge in [0.05, 0.1) is 5.60 Å². The molecule has 0 unspecified atom stereocenters. The summed E-state index contributed by atoms with van der Waals surface area (Å²) in [5, 5.41) is 16.3. The number of carbonyl (C=O) groups excluding carboxylic acids is 1. The third-order valence-corrected chi connectivity index (χ3v) is 3.74. The second kappa shape index (κ2) is 6.97.